The molecule has 0 spiro atoms. The van der Waals surface area contributed by atoms with Crippen LogP contribution in [0.5, 0.6) is 5.75 Å². The van der Waals surface area contributed by atoms with Gasteiger partial charge in [-0.25, -0.2) is 9.78 Å². The Morgan fingerprint density at radius 3 is 2.67 bits per heavy atom. The average Bonchev–Trinajstić information content (AvgIpc) is 3.65. The van der Waals surface area contributed by atoms with Crippen LogP contribution in [0.3, 0.4) is 0 Å². The van der Waals surface area contributed by atoms with Crippen LogP contribution in [0.25, 0.3) is 22.0 Å². The first kappa shape index (κ1) is 28.1. The zero-order chi connectivity index (χ0) is 28.3. The number of thiazole rings is 1. The summed E-state index contributed by atoms with van der Waals surface area (Å²) in [6, 6.07) is 11.1. The smallest absolute Gasteiger partial charge is 0.439 e. The Labute approximate surface area is 233 Å². The Morgan fingerprint density at radius 1 is 1.23 bits per heavy atom. The molecular weight excluding hydrogens is 543 g/mol. The standard InChI is InChI=1S/C28H30F3N5O3S/c1-17-14-21(9-10-22(17)25-34-27(37)39-35-25)38-16-24-23(15-32-12-11-20-4-3-13-36(20)2)33-26(40-24)18-5-7-19(8-6-18)28(29,30)31/h5-10,14,20,32H,3-4,11-13,15-16H2,1-2H3,(H,34,35,37). The van der Waals surface area contributed by atoms with Crippen molar-refractivity contribution in [2.45, 2.75) is 51.6 Å². The second-order valence-electron chi connectivity index (χ2n) is 9.92. The molecule has 0 bridgehead atoms. The van der Waals surface area contributed by atoms with Gasteiger partial charge in [0.25, 0.3) is 0 Å². The van der Waals surface area contributed by atoms with Crippen LogP contribution < -0.4 is 15.8 Å². The quantitative estimate of drug-likeness (QED) is 0.237. The third-order valence-corrected chi connectivity index (χ3v) is 8.24. The normalized spacial score (nSPS) is 16.1. The molecule has 1 aliphatic rings. The van der Waals surface area contributed by atoms with Gasteiger partial charge >= 0.3 is 11.9 Å². The zero-order valence-electron chi connectivity index (χ0n) is 22.2. The summed E-state index contributed by atoms with van der Waals surface area (Å²) in [5, 5.41) is 7.86. The topological polar surface area (TPSA) is 96.3 Å². The van der Waals surface area contributed by atoms with Gasteiger partial charge in [-0.1, -0.05) is 17.3 Å². The van der Waals surface area contributed by atoms with Crippen molar-refractivity contribution < 1.29 is 22.4 Å². The van der Waals surface area contributed by atoms with E-state index in [0.717, 1.165) is 53.3 Å². The SMILES string of the molecule is Cc1cc(OCc2sc(-c3ccc(C(F)(F)F)cc3)nc2CNCCC2CCCN2C)ccc1-c1noc(=O)[nH]1. The maximum atomic E-state index is 13.0. The highest BCUT2D eigenvalue weighted by molar-refractivity contribution is 7.15. The molecule has 12 heteroatoms. The van der Waals surface area contributed by atoms with Crippen molar-refractivity contribution in [3.05, 3.63) is 74.7 Å². The molecule has 2 aromatic heterocycles. The van der Waals surface area contributed by atoms with E-state index in [2.05, 4.69) is 31.9 Å². The van der Waals surface area contributed by atoms with Crippen LogP contribution in [0, 0.1) is 6.92 Å². The molecule has 1 atom stereocenters. The fourth-order valence-corrected chi connectivity index (χ4v) is 5.86. The number of halogens is 3. The number of ether oxygens (including phenoxy) is 1. The molecule has 0 radical (unpaired) electrons. The van der Waals surface area contributed by atoms with E-state index >= 15 is 0 Å². The van der Waals surface area contributed by atoms with E-state index in [1.807, 2.05) is 13.0 Å². The fraction of sp³-hybridized carbons (Fsp3) is 0.393. The Bertz CT molecular complexity index is 1500. The summed E-state index contributed by atoms with van der Waals surface area (Å²) >= 11 is 1.41. The highest BCUT2D eigenvalue weighted by Crippen LogP contribution is 2.34. The van der Waals surface area contributed by atoms with Crippen LogP contribution in [0.2, 0.25) is 0 Å². The van der Waals surface area contributed by atoms with Crippen molar-refractivity contribution in [1.29, 1.82) is 0 Å². The van der Waals surface area contributed by atoms with Gasteiger partial charge in [0, 0.05) is 23.7 Å². The minimum Gasteiger partial charge on any atom is -0.488 e. The van der Waals surface area contributed by atoms with Crippen molar-refractivity contribution in [2.24, 2.45) is 0 Å². The minimum absolute atomic E-state index is 0.250. The number of alkyl halides is 3. The molecule has 2 N–H and O–H groups in total. The van der Waals surface area contributed by atoms with E-state index in [1.165, 1.54) is 36.3 Å². The molecule has 40 heavy (non-hydrogen) atoms. The molecule has 1 saturated heterocycles. The van der Waals surface area contributed by atoms with Crippen LogP contribution in [0.1, 0.15) is 41.0 Å². The lowest BCUT2D eigenvalue weighted by atomic mass is 10.1. The number of likely N-dealkylation sites (tertiary alicyclic amines) is 1. The predicted octanol–water partition coefficient (Wildman–Crippen LogP) is 5.63. The number of rotatable bonds is 10. The van der Waals surface area contributed by atoms with E-state index in [-0.39, 0.29) is 6.61 Å². The van der Waals surface area contributed by atoms with Crippen molar-refractivity contribution in [2.75, 3.05) is 20.1 Å². The van der Waals surface area contributed by atoms with Gasteiger partial charge in [0.2, 0.25) is 0 Å². The van der Waals surface area contributed by atoms with Gasteiger partial charge in [0.15, 0.2) is 5.82 Å². The molecule has 5 rings (SSSR count). The number of H-pyrrole nitrogens is 1. The summed E-state index contributed by atoms with van der Waals surface area (Å²) in [5.41, 5.74) is 2.31. The molecular formula is C28H30F3N5O3S. The van der Waals surface area contributed by atoms with Gasteiger partial charge in [0.1, 0.15) is 17.4 Å². The van der Waals surface area contributed by atoms with Gasteiger partial charge in [-0.15, -0.1) is 11.3 Å². The van der Waals surface area contributed by atoms with Crippen molar-refractivity contribution >= 4 is 11.3 Å². The Balaban J connectivity index is 1.30. The lowest BCUT2D eigenvalue weighted by molar-refractivity contribution is -0.137. The predicted molar refractivity (Wildman–Crippen MR) is 146 cm³/mol. The zero-order valence-corrected chi connectivity index (χ0v) is 23.0. The lowest BCUT2D eigenvalue weighted by Crippen LogP contribution is -2.29. The van der Waals surface area contributed by atoms with Crippen LogP contribution in [-0.4, -0.2) is 46.2 Å². The summed E-state index contributed by atoms with van der Waals surface area (Å²) in [5.74, 6) is 0.342. The molecule has 1 fully saturated rings. The van der Waals surface area contributed by atoms with Crippen molar-refractivity contribution in [1.82, 2.24) is 25.3 Å². The maximum absolute atomic E-state index is 13.0. The van der Waals surface area contributed by atoms with Gasteiger partial charge in [-0.2, -0.15) is 13.2 Å². The van der Waals surface area contributed by atoms with Crippen molar-refractivity contribution in [3.63, 3.8) is 0 Å². The van der Waals surface area contributed by atoms with Gasteiger partial charge < -0.3 is 15.0 Å². The Hall–Kier alpha value is -3.48. The van der Waals surface area contributed by atoms with E-state index in [1.54, 1.807) is 12.1 Å². The number of hydrogen-bond acceptors (Lipinski definition) is 8. The summed E-state index contributed by atoms with van der Waals surface area (Å²) in [6.45, 7) is 4.63. The first-order valence-electron chi connectivity index (χ1n) is 13.0. The number of hydrogen-bond donors (Lipinski definition) is 2. The number of aromatic amines is 1. The first-order chi connectivity index (χ1) is 19.2. The molecule has 0 amide bonds. The highest BCUT2D eigenvalue weighted by Gasteiger charge is 2.30. The average molecular weight is 574 g/mol. The monoisotopic (exact) mass is 573 g/mol. The highest BCUT2D eigenvalue weighted by atomic mass is 32.1. The minimum atomic E-state index is -4.39. The number of aryl methyl sites for hydroxylation is 1. The molecule has 4 aromatic rings. The van der Waals surface area contributed by atoms with Gasteiger partial charge in [0.05, 0.1) is 16.1 Å². The molecule has 2 aromatic carbocycles. The van der Waals surface area contributed by atoms with E-state index < -0.39 is 17.5 Å². The molecule has 8 nitrogen and oxygen atoms in total. The Morgan fingerprint density at radius 2 is 2.02 bits per heavy atom. The van der Waals surface area contributed by atoms with Crippen molar-refractivity contribution in [3.8, 4) is 27.7 Å². The van der Waals surface area contributed by atoms with Crippen LogP contribution in [0.15, 0.2) is 51.8 Å². The Kier molecular flexibility index (Phi) is 8.38. The maximum Gasteiger partial charge on any atom is 0.439 e. The molecule has 0 saturated carbocycles. The largest absolute Gasteiger partial charge is 0.488 e. The molecule has 3 heterocycles. The molecule has 0 aliphatic carbocycles. The van der Waals surface area contributed by atoms with E-state index in [0.29, 0.717) is 34.7 Å². The van der Waals surface area contributed by atoms with E-state index in [4.69, 9.17) is 9.72 Å². The number of nitrogens with one attached hydrogen (secondary N) is 2. The summed E-state index contributed by atoms with van der Waals surface area (Å²) in [7, 11) is 2.16. The fourth-order valence-electron chi connectivity index (χ4n) is 4.87. The first-order valence-corrected chi connectivity index (χ1v) is 13.9. The third kappa shape index (κ3) is 6.62. The number of benzene rings is 2. The van der Waals surface area contributed by atoms with Gasteiger partial charge in [-0.05, 0) is 82.2 Å². The van der Waals surface area contributed by atoms with Crippen LogP contribution in [0.4, 0.5) is 13.2 Å². The summed E-state index contributed by atoms with van der Waals surface area (Å²) < 4.78 is 49.8. The molecule has 1 aliphatic heterocycles. The van der Waals surface area contributed by atoms with Crippen LogP contribution in [-0.2, 0) is 19.3 Å². The second-order valence-corrected chi connectivity index (χ2v) is 11.0. The summed E-state index contributed by atoms with van der Waals surface area (Å²) in [4.78, 5) is 21.9. The lowest BCUT2D eigenvalue weighted by Gasteiger charge is -2.19. The molecule has 212 valence electrons. The van der Waals surface area contributed by atoms with Crippen LogP contribution >= 0.6 is 11.3 Å². The third-order valence-electron chi connectivity index (χ3n) is 7.12. The number of aromatic nitrogens is 3. The second kappa shape index (κ2) is 11.9. The number of nitrogens with zero attached hydrogens (tertiary/aromatic N) is 3. The van der Waals surface area contributed by atoms with E-state index in [9.17, 15) is 18.0 Å². The summed E-state index contributed by atoms with van der Waals surface area (Å²) in [6.07, 6.45) is -0.917. The molecule has 1 unspecified atom stereocenters. The van der Waals surface area contributed by atoms with Gasteiger partial charge in [-0.3, -0.25) is 9.51 Å².